The fraction of sp³-hybridized carbons (Fsp3) is 0.464. The van der Waals surface area contributed by atoms with Gasteiger partial charge in [-0.2, -0.15) is 0 Å². The molecule has 5 rings (SSSR count). The number of nitrogens with one attached hydrogen (secondary N) is 2. The minimum atomic E-state index is -1.26. The summed E-state index contributed by atoms with van der Waals surface area (Å²) in [5.74, 6) is -1.71. The Morgan fingerprint density at radius 3 is 2.11 bits per heavy atom. The van der Waals surface area contributed by atoms with E-state index in [-0.39, 0.29) is 36.8 Å². The summed E-state index contributed by atoms with van der Waals surface area (Å²) < 4.78 is 5.61. The largest absolute Gasteiger partial charge is 0.480 e. The van der Waals surface area contributed by atoms with Crippen LogP contribution in [0.5, 0.6) is 0 Å². The van der Waals surface area contributed by atoms with E-state index in [1.54, 1.807) is 6.92 Å². The topological polar surface area (TPSA) is 105 Å². The predicted octanol–water partition coefficient (Wildman–Crippen LogP) is 4.31. The van der Waals surface area contributed by atoms with Crippen LogP contribution in [0.1, 0.15) is 56.1 Å². The first-order valence-electron chi connectivity index (χ1n) is 12.5. The standard InChI is InChI=1S/C28H32N2O5/c1-28(26(32)33,18-13-14-18)30-25(31)23(17-7-6-8-17)15-29-27(34)35-16-24-21-11-4-2-9-19(21)20-10-3-5-12-22(20)24/h2-5,9-12,17-18,23-24H,6-8,13-16H2,1H3,(H,29,34)(H,30,31)(H,32,33). The zero-order chi connectivity index (χ0) is 24.6. The molecule has 3 aliphatic rings. The van der Waals surface area contributed by atoms with Crippen molar-refractivity contribution in [3.05, 3.63) is 59.7 Å². The molecule has 2 amide bonds. The van der Waals surface area contributed by atoms with Gasteiger partial charge in [-0.3, -0.25) is 4.79 Å². The fourth-order valence-corrected chi connectivity index (χ4v) is 5.50. The molecule has 3 aliphatic carbocycles. The zero-order valence-electron chi connectivity index (χ0n) is 20.0. The molecular formula is C28H32N2O5. The molecule has 7 heteroatoms. The van der Waals surface area contributed by atoms with Gasteiger partial charge in [0.25, 0.3) is 0 Å². The number of hydrogen-bond acceptors (Lipinski definition) is 4. The Balaban J connectivity index is 1.20. The number of aliphatic carboxylic acids is 1. The Morgan fingerprint density at radius 2 is 1.60 bits per heavy atom. The van der Waals surface area contributed by atoms with Crippen LogP contribution in [0.25, 0.3) is 11.1 Å². The Morgan fingerprint density at radius 1 is 1.00 bits per heavy atom. The highest BCUT2D eigenvalue weighted by Crippen LogP contribution is 2.44. The van der Waals surface area contributed by atoms with E-state index in [0.717, 1.165) is 54.4 Å². The highest BCUT2D eigenvalue weighted by atomic mass is 16.5. The lowest BCUT2D eigenvalue weighted by atomic mass is 9.75. The van der Waals surface area contributed by atoms with Crippen molar-refractivity contribution < 1.29 is 24.2 Å². The fourth-order valence-electron chi connectivity index (χ4n) is 5.50. The van der Waals surface area contributed by atoms with Crippen molar-refractivity contribution in [2.24, 2.45) is 17.8 Å². The quantitative estimate of drug-likeness (QED) is 0.500. The predicted molar refractivity (Wildman–Crippen MR) is 131 cm³/mol. The van der Waals surface area contributed by atoms with Crippen LogP contribution in [0.15, 0.2) is 48.5 Å². The third kappa shape index (κ3) is 4.51. The van der Waals surface area contributed by atoms with Gasteiger partial charge in [0, 0.05) is 12.5 Å². The van der Waals surface area contributed by atoms with Crippen molar-refractivity contribution in [1.82, 2.24) is 10.6 Å². The van der Waals surface area contributed by atoms with E-state index in [1.165, 1.54) is 0 Å². The lowest BCUT2D eigenvalue weighted by Gasteiger charge is -2.35. The minimum absolute atomic E-state index is 0.0336. The summed E-state index contributed by atoms with van der Waals surface area (Å²) in [6.45, 7) is 1.92. The Hall–Kier alpha value is -3.35. The van der Waals surface area contributed by atoms with Gasteiger partial charge in [-0.15, -0.1) is 0 Å². The summed E-state index contributed by atoms with van der Waals surface area (Å²) in [4.78, 5) is 37.6. The molecule has 0 aliphatic heterocycles. The van der Waals surface area contributed by atoms with Crippen molar-refractivity contribution in [2.75, 3.05) is 13.2 Å². The number of carboxylic acid groups (broad SMARTS) is 1. The summed E-state index contributed by atoms with van der Waals surface area (Å²) in [5, 5.41) is 15.3. The van der Waals surface area contributed by atoms with E-state index < -0.39 is 23.5 Å². The number of carboxylic acids is 1. The van der Waals surface area contributed by atoms with Gasteiger partial charge in [-0.25, -0.2) is 9.59 Å². The van der Waals surface area contributed by atoms with Crippen LogP contribution in [0.3, 0.4) is 0 Å². The van der Waals surface area contributed by atoms with Gasteiger partial charge in [0.1, 0.15) is 12.1 Å². The van der Waals surface area contributed by atoms with Gasteiger partial charge in [0.15, 0.2) is 0 Å². The van der Waals surface area contributed by atoms with Crippen LogP contribution in [0.2, 0.25) is 0 Å². The number of alkyl carbamates (subject to hydrolysis) is 1. The smallest absolute Gasteiger partial charge is 0.407 e. The lowest BCUT2D eigenvalue weighted by molar-refractivity contribution is -0.149. The molecule has 2 fully saturated rings. The molecule has 2 atom stereocenters. The number of rotatable bonds is 9. The Labute approximate surface area is 205 Å². The van der Waals surface area contributed by atoms with Gasteiger partial charge in [-0.05, 0) is 66.7 Å². The van der Waals surface area contributed by atoms with Gasteiger partial charge in [0.2, 0.25) is 5.91 Å². The maximum absolute atomic E-state index is 13.1. The third-order valence-corrected chi connectivity index (χ3v) is 8.09. The molecule has 2 aromatic rings. The summed E-state index contributed by atoms with van der Waals surface area (Å²) in [6.07, 6.45) is 3.88. The molecule has 2 unspecified atom stereocenters. The van der Waals surface area contributed by atoms with E-state index in [2.05, 4.69) is 34.9 Å². The maximum Gasteiger partial charge on any atom is 0.407 e. The van der Waals surface area contributed by atoms with Crippen molar-refractivity contribution >= 4 is 18.0 Å². The van der Waals surface area contributed by atoms with Crippen LogP contribution in [0.4, 0.5) is 4.79 Å². The van der Waals surface area contributed by atoms with Gasteiger partial charge in [0.05, 0.1) is 5.92 Å². The highest BCUT2D eigenvalue weighted by Gasteiger charge is 2.49. The van der Waals surface area contributed by atoms with Crippen molar-refractivity contribution in [2.45, 2.75) is 50.5 Å². The highest BCUT2D eigenvalue weighted by molar-refractivity contribution is 5.89. The molecule has 0 spiro atoms. The number of benzene rings is 2. The lowest BCUT2D eigenvalue weighted by Crippen LogP contribution is -2.57. The maximum atomic E-state index is 13.1. The van der Waals surface area contributed by atoms with Gasteiger partial charge >= 0.3 is 12.1 Å². The number of carbonyl (C=O) groups is 3. The van der Waals surface area contributed by atoms with Crippen LogP contribution < -0.4 is 10.6 Å². The second-order valence-corrected chi connectivity index (χ2v) is 10.3. The molecule has 3 N–H and O–H groups in total. The first-order valence-corrected chi connectivity index (χ1v) is 12.5. The minimum Gasteiger partial charge on any atom is -0.480 e. The van der Waals surface area contributed by atoms with Crippen LogP contribution >= 0.6 is 0 Å². The van der Waals surface area contributed by atoms with E-state index in [4.69, 9.17) is 4.74 Å². The molecule has 0 saturated heterocycles. The molecule has 184 valence electrons. The number of amides is 2. The zero-order valence-corrected chi connectivity index (χ0v) is 20.0. The van der Waals surface area contributed by atoms with E-state index in [1.807, 2.05) is 24.3 Å². The molecule has 0 radical (unpaired) electrons. The number of ether oxygens (including phenoxy) is 1. The molecule has 0 aromatic heterocycles. The van der Waals surface area contributed by atoms with Gasteiger partial charge in [-0.1, -0.05) is 55.0 Å². The van der Waals surface area contributed by atoms with Crippen molar-refractivity contribution in [3.8, 4) is 11.1 Å². The second-order valence-electron chi connectivity index (χ2n) is 10.3. The van der Waals surface area contributed by atoms with Crippen LogP contribution in [-0.4, -0.2) is 41.8 Å². The Bertz CT molecular complexity index is 1090. The van der Waals surface area contributed by atoms with E-state index in [0.29, 0.717) is 0 Å². The molecule has 2 aromatic carbocycles. The molecule has 7 nitrogen and oxygen atoms in total. The molecular weight excluding hydrogens is 444 g/mol. The van der Waals surface area contributed by atoms with E-state index in [9.17, 15) is 19.5 Å². The number of carbonyl (C=O) groups excluding carboxylic acids is 2. The third-order valence-electron chi connectivity index (χ3n) is 8.09. The molecule has 35 heavy (non-hydrogen) atoms. The summed E-state index contributed by atoms with van der Waals surface area (Å²) in [7, 11) is 0. The van der Waals surface area contributed by atoms with Crippen LogP contribution in [0, 0.1) is 17.8 Å². The van der Waals surface area contributed by atoms with Crippen molar-refractivity contribution in [3.63, 3.8) is 0 Å². The average Bonchev–Trinajstić information content (AvgIpc) is 3.62. The second kappa shape index (κ2) is 9.36. The normalized spacial score (nSPS) is 19.5. The average molecular weight is 477 g/mol. The van der Waals surface area contributed by atoms with E-state index >= 15 is 0 Å². The summed E-state index contributed by atoms with van der Waals surface area (Å²) >= 11 is 0. The number of fused-ring (bicyclic) bond motifs is 3. The molecule has 0 bridgehead atoms. The number of hydrogen-bond donors (Lipinski definition) is 3. The molecule has 0 heterocycles. The monoisotopic (exact) mass is 476 g/mol. The first kappa shape index (κ1) is 23.4. The SMILES string of the molecule is CC(NC(=O)C(CNC(=O)OCC1c2ccccc2-c2ccccc21)C1CCC1)(C(=O)O)C1CC1. The summed E-state index contributed by atoms with van der Waals surface area (Å²) in [6, 6.07) is 16.3. The van der Waals surface area contributed by atoms with Crippen molar-refractivity contribution in [1.29, 1.82) is 0 Å². The molecule has 2 saturated carbocycles. The van der Waals surface area contributed by atoms with Crippen LogP contribution in [-0.2, 0) is 14.3 Å². The van der Waals surface area contributed by atoms with Gasteiger partial charge < -0.3 is 20.5 Å². The Kier molecular flexibility index (Phi) is 6.26. The first-order chi connectivity index (χ1) is 16.9. The summed E-state index contributed by atoms with van der Waals surface area (Å²) in [5.41, 5.74) is 3.34.